The lowest BCUT2D eigenvalue weighted by Crippen LogP contribution is -2.18. The molecule has 0 spiro atoms. The highest BCUT2D eigenvalue weighted by Crippen LogP contribution is 2.12. The molecule has 1 aromatic heterocycles. The van der Waals surface area contributed by atoms with E-state index in [-0.39, 0.29) is 0 Å². The molecule has 5 heteroatoms. The molecule has 0 amide bonds. The van der Waals surface area contributed by atoms with Gasteiger partial charge in [0.15, 0.2) is 0 Å². The van der Waals surface area contributed by atoms with Crippen LogP contribution in [0.15, 0.2) is 6.20 Å². The summed E-state index contributed by atoms with van der Waals surface area (Å²) in [6, 6.07) is 0. The van der Waals surface area contributed by atoms with Crippen LogP contribution in [0, 0.1) is 13.8 Å². The topological polar surface area (TPSA) is 56.3 Å². The molecule has 0 aromatic carbocycles. The zero-order chi connectivity index (χ0) is 12.8. The maximum absolute atomic E-state index is 5.57. The predicted molar refractivity (Wildman–Crippen MR) is 69.8 cm³/mol. The normalized spacial score (nSPS) is 19.1. The van der Waals surface area contributed by atoms with Gasteiger partial charge in [0.25, 0.3) is 0 Å². The van der Waals surface area contributed by atoms with E-state index in [0.717, 1.165) is 43.2 Å². The Labute approximate surface area is 108 Å². The van der Waals surface area contributed by atoms with E-state index in [0.29, 0.717) is 19.3 Å². The number of hydrogen-bond acceptors (Lipinski definition) is 5. The molecular weight excluding hydrogens is 230 g/mol. The Morgan fingerprint density at radius 3 is 3.17 bits per heavy atom. The number of hydrogen-bond donors (Lipinski definition) is 1. The van der Waals surface area contributed by atoms with E-state index >= 15 is 0 Å². The molecule has 1 aliphatic heterocycles. The molecule has 2 rings (SSSR count). The SMILES string of the molecule is Cc1cnc(C)c(NCCOCC2CCCO2)n1. The summed E-state index contributed by atoms with van der Waals surface area (Å²) in [6.45, 7) is 6.86. The van der Waals surface area contributed by atoms with Crippen molar-refractivity contribution in [2.24, 2.45) is 0 Å². The Hall–Kier alpha value is -1.20. The van der Waals surface area contributed by atoms with E-state index in [2.05, 4.69) is 15.3 Å². The Morgan fingerprint density at radius 1 is 1.50 bits per heavy atom. The van der Waals surface area contributed by atoms with E-state index in [4.69, 9.17) is 9.47 Å². The summed E-state index contributed by atoms with van der Waals surface area (Å²) in [5, 5.41) is 3.24. The van der Waals surface area contributed by atoms with Gasteiger partial charge in [0.2, 0.25) is 0 Å². The second kappa shape index (κ2) is 6.66. The molecule has 2 heterocycles. The van der Waals surface area contributed by atoms with Gasteiger partial charge in [0.05, 0.1) is 30.7 Å². The molecule has 0 bridgehead atoms. The number of anilines is 1. The van der Waals surface area contributed by atoms with Crippen LogP contribution in [-0.4, -0.2) is 42.4 Å². The van der Waals surface area contributed by atoms with E-state index in [9.17, 15) is 0 Å². The van der Waals surface area contributed by atoms with Crippen LogP contribution in [0.5, 0.6) is 0 Å². The minimum Gasteiger partial charge on any atom is -0.377 e. The lowest BCUT2D eigenvalue weighted by Gasteiger charge is -2.11. The van der Waals surface area contributed by atoms with Gasteiger partial charge in [-0.25, -0.2) is 4.98 Å². The second-order valence-electron chi connectivity index (χ2n) is 4.58. The highest BCUT2D eigenvalue weighted by Gasteiger charge is 2.14. The maximum atomic E-state index is 5.57. The van der Waals surface area contributed by atoms with Crippen LogP contribution in [0.2, 0.25) is 0 Å². The van der Waals surface area contributed by atoms with E-state index in [1.807, 2.05) is 13.8 Å². The van der Waals surface area contributed by atoms with Gasteiger partial charge in [-0.05, 0) is 26.7 Å². The third-order valence-corrected chi connectivity index (χ3v) is 2.94. The van der Waals surface area contributed by atoms with Crippen molar-refractivity contribution in [3.05, 3.63) is 17.6 Å². The molecule has 1 N–H and O–H groups in total. The van der Waals surface area contributed by atoms with Crippen LogP contribution in [0.4, 0.5) is 5.82 Å². The fourth-order valence-electron chi connectivity index (χ4n) is 1.94. The molecule has 1 atom stereocenters. The predicted octanol–water partition coefficient (Wildman–Crippen LogP) is 1.70. The molecule has 5 nitrogen and oxygen atoms in total. The van der Waals surface area contributed by atoms with Crippen molar-refractivity contribution in [2.45, 2.75) is 32.8 Å². The zero-order valence-electron chi connectivity index (χ0n) is 11.1. The fourth-order valence-corrected chi connectivity index (χ4v) is 1.94. The molecule has 1 fully saturated rings. The third kappa shape index (κ3) is 3.92. The van der Waals surface area contributed by atoms with Crippen molar-refractivity contribution in [2.75, 3.05) is 31.7 Å². The molecule has 0 radical (unpaired) electrons. The number of aromatic nitrogens is 2. The highest BCUT2D eigenvalue weighted by molar-refractivity contribution is 5.39. The average molecular weight is 251 g/mol. The van der Waals surface area contributed by atoms with Gasteiger partial charge in [-0.2, -0.15) is 0 Å². The van der Waals surface area contributed by atoms with Crippen molar-refractivity contribution in [1.82, 2.24) is 9.97 Å². The molecular formula is C13H21N3O2. The van der Waals surface area contributed by atoms with Crippen molar-refractivity contribution in [1.29, 1.82) is 0 Å². The Balaban J connectivity index is 1.64. The average Bonchev–Trinajstić information content (AvgIpc) is 2.86. The minimum absolute atomic E-state index is 0.297. The second-order valence-corrected chi connectivity index (χ2v) is 4.58. The van der Waals surface area contributed by atoms with Crippen LogP contribution < -0.4 is 5.32 Å². The lowest BCUT2D eigenvalue weighted by molar-refractivity contribution is 0.0206. The van der Waals surface area contributed by atoms with Crippen LogP contribution in [-0.2, 0) is 9.47 Å². The monoisotopic (exact) mass is 251 g/mol. The molecule has 1 aromatic rings. The molecule has 1 unspecified atom stereocenters. The number of rotatable bonds is 6. The first kappa shape index (κ1) is 13.2. The first-order valence-electron chi connectivity index (χ1n) is 6.49. The maximum Gasteiger partial charge on any atom is 0.147 e. The first-order valence-corrected chi connectivity index (χ1v) is 6.49. The van der Waals surface area contributed by atoms with Gasteiger partial charge in [-0.1, -0.05) is 0 Å². The van der Waals surface area contributed by atoms with Gasteiger partial charge in [0, 0.05) is 19.3 Å². The third-order valence-electron chi connectivity index (χ3n) is 2.94. The molecule has 0 saturated carbocycles. The summed E-state index contributed by atoms with van der Waals surface area (Å²) in [6.07, 6.45) is 4.35. The summed E-state index contributed by atoms with van der Waals surface area (Å²) in [5.41, 5.74) is 1.84. The van der Waals surface area contributed by atoms with Crippen LogP contribution in [0.1, 0.15) is 24.2 Å². The lowest BCUT2D eigenvalue weighted by atomic mass is 10.2. The number of nitrogens with one attached hydrogen (secondary N) is 1. The number of aryl methyl sites for hydroxylation is 2. The van der Waals surface area contributed by atoms with Crippen molar-refractivity contribution in [3.63, 3.8) is 0 Å². The summed E-state index contributed by atoms with van der Waals surface area (Å²) < 4.78 is 11.1. The molecule has 18 heavy (non-hydrogen) atoms. The van der Waals surface area contributed by atoms with E-state index in [1.54, 1.807) is 6.20 Å². The van der Waals surface area contributed by atoms with E-state index < -0.39 is 0 Å². The van der Waals surface area contributed by atoms with Gasteiger partial charge in [-0.15, -0.1) is 0 Å². The van der Waals surface area contributed by atoms with Crippen molar-refractivity contribution < 1.29 is 9.47 Å². The van der Waals surface area contributed by atoms with Gasteiger partial charge < -0.3 is 14.8 Å². The summed E-state index contributed by atoms with van der Waals surface area (Å²) in [5.74, 6) is 0.843. The summed E-state index contributed by atoms with van der Waals surface area (Å²) >= 11 is 0. The summed E-state index contributed by atoms with van der Waals surface area (Å²) in [4.78, 5) is 8.65. The Morgan fingerprint density at radius 2 is 2.39 bits per heavy atom. The number of ether oxygens (including phenoxy) is 2. The molecule has 0 aliphatic carbocycles. The standard InChI is InChI=1S/C13H21N3O2/c1-10-8-15-11(2)13(16-10)14-5-7-17-9-12-4-3-6-18-12/h8,12H,3-7,9H2,1-2H3,(H,14,16). The minimum atomic E-state index is 0.297. The quantitative estimate of drug-likeness (QED) is 0.780. The number of nitrogens with zero attached hydrogens (tertiary/aromatic N) is 2. The van der Waals surface area contributed by atoms with Crippen LogP contribution in [0.3, 0.4) is 0 Å². The fraction of sp³-hybridized carbons (Fsp3) is 0.692. The van der Waals surface area contributed by atoms with Crippen molar-refractivity contribution >= 4 is 5.82 Å². The van der Waals surface area contributed by atoms with Gasteiger partial charge >= 0.3 is 0 Å². The van der Waals surface area contributed by atoms with Gasteiger partial charge in [-0.3, -0.25) is 4.98 Å². The first-order chi connectivity index (χ1) is 8.75. The largest absolute Gasteiger partial charge is 0.377 e. The Kier molecular flexibility index (Phi) is 4.90. The van der Waals surface area contributed by atoms with Crippen LogP contribution >= 0.6 is 0 Å². The molecule has 1 saturated heterocycles. The van der Waals surface area contributed by atoms with Crippen molar-refractivity contribution in [3.8, 4) is 0 Å². The summed E-state index contributed by atoms with van der Waals surface area (Å²) in [7, 11) is 0. The van der Waals surface area contributed by atoms with E-state index in [1.165, 1.54) is 0 Å². The smallest absolute Gasteiger partial charge is 0.147 e. The zero-order valence-corrected chi connectivity index (χ0v) is 11.1. The molecule has 1 aliphatic rings. The molecule has 100 valence electrons. The Bertz CT molecular complexity index is 378. The van der Waals surface area contributed by atoms with Gasteiger partial charge in [0.1, 0.15) is 5.82 Å². The van der Waals surface area contributed by atoms with Crippen LogP contribution in [0.25, 0.3) is 0 Å². The highest BCUT2D eigenvalue weighted by atomic mass is 16.5.